The summed E-state index contributed by atoms with van der Waals surface area (Å²) in [4.78, 5) is 24.5. The van der Waals surface area contributed by atoms with E-state index >= 15 is 0 Å². The van der Waals surface area contributed by atoms with E-state index in [0.717, 1.165) is 12.1 Å². The predicted octanol–water partition coefficient (Wildman–Crippen LogP) is 3.32. The molecule has 2 rings (SSSR count). The Bertz CT molecular complexity index is 712. The Labute approximate surface area is 138 Å². The number of esters is 1. The highest BCUT2D eigenvalue weighted by atomic mass is 19.1. The Morgan fingerprint density at radius 3 is 1.92 bits per heavy atom. The molecule has 0 aliphatic heterocycles. The molecule has 1 atom stereocenters. The SMILES string of the molecule is CC(C)[C@H](NC(=O)c1ccc(F)cc1)C(=O)Oc1ccc(F)cc1. The molecule has 0 saturated heterocycles. The number of nitrogens with one attached hydrogen (secondary N) is 1. The third-order valence-electron chi connectivity index (χ3n) is 3.35. The van der Waals surface area contributed by atoms with Crippen molar-refractivity contribution in [3.05, 3.63) is 65.7 Å². The highest BCUT2D eigenvalue weighted by Crippen LogP contribution is 2.14. The molecule has 0 aromatic heterocycles. The molecular formula is C18H17F2NO3. The van der Waals surface area contributed by atoms with Gasteiger partial charge in [0.05, 0.1) is 0 Å². The third-order valence-corrected chi connectivity index (χ3v) is 3.35. The highest BCUT2D eigenvalue weighted by Gasteiger charge is 2.26. The van der Waals surface area contributed by atoms with Gasteiger partial charge in [-0.2, -0.15) is 0 Å². The Balaban J connectivity index is 2.07. The van der Waals surface area contributed by atoms with Gasteiger partial charge in [0.25, 0.3) is 5.91 Å². The maximum absolute atomic E-state index is 12.9. The number of hydrogen-bond acceptors (Lipinski definition) is 3. The zero-order valence-electron chi connectivity index (χ0n) is 13.3. The number of carbonyl (C=O) groups is 2. The molecule has 6 heteroatoms. The van der Waals surface area contributed by atoms with E-state index in [1.54, 1.807) is 13.8 Å². The van der Waals surface area contributed by atoms with Crippen molar-refractivity contribution in [2.45, 2.75) is 19.9 Å². The summed E-state index contributed by atoms with van der Waals surface area (Å²) in [7, 11) is 0. The van der Waals surface area contributed by atoms with Crippen LogP contribution in [0.4, 0.5) is 8.78 Å². The molecule has 0 fully saturated rings. The number of hydrogen-bond donors (Lipinski definition) is 1. The summed E-state index contributed by atoms with van der Waals surface area (Å²) < 4.78 is 31.0. The average molecular weight is 333 g/mol. The van der Waals surface area contributed by atoms with Crippen LogP contribution < -0.4 is 10.1 Å². The van der Waals surface area contributed by atoms with Crippen LogP contribution in [0, 0.1) is 17.6 Å². The Morgan fingerprint density at radius 2 is 1.42 bits per heavy atom. The zero-order valence-corrected chi connectivity index (χ0v) is 13.3. The second-order valence-corrected chi connectivity index (χ2v) is 5.58. The normalized spacial score (nSPS) is 11.9. The van der Waals surface area contributed by atoms with Gasteiger partial charge >= 0.3 is 5.97 Å². The fourth-order valence-electron chi connectivity index (χ4n) is 2.01. The van der Waals surface area contributed by atoms with Crippen LogP contribution in [0.15, 0.2) is 48.5 Å². The molecule has 1 amide bonds. The van der Waals surface area contributed by atoms with Crippen LogP contribution in [0.2, 0.25) is 0 Å². The second kappa shape index (κ2) is 7.68. The fraction of sp³-hybridized carbons (Fsp3) is 0.222. The zero-order chi connectivity index (χ0) is 17.7. The number of benzene rings is 2. The van der Waals surface area contributed by atoms with Crippen LogP contribution >= 0.6 is 0 Å². The minimum absolute atomic E-state index is 0.183. The van der Waals surface area contributed by atoms with Crippen LogP contribution in [0.25, 0.3) is 0 Å². The van der Waals surface area contributed by atoms with Crippen LogP contribution in [0.5, 0.6) is 5.75 Å². The molecule has 4 nitrogen and oxygen atoms in total. The molecule has 0 bridgehead atoms. The first-order valence-corrected chi connectivity index (χ1v) is 7.40. The summed E-state index contributed by atoms with van der Waals surface area (Å²) in [5.74, 6) is -2.12. The van der Waals surface area contributed by atoms with Gasteiger partial charge in [-0.05, 0) is 54.4 Å². The molecule has 0 heterocycles. The second-order valence-electron chi connectivity index (χ2n) is 5.58. The van der Waals surface area contributed by atoms with Gasteiger partial charge in [-0.3, -0.25) is 4.79 Å². The molecule has 2 aromatic carbocycles. The van der Waals surface area contributed by atoms with Gasteiger partial charge in [0, 0.05) is 5.56 Å². The summed E-state index contributed by atoms with van der Waals surface area (Å²) >= 11 is 0. The first kappa shape index (κ1) is 17.6. The van der Waals surface area contributed by atoms with E-state index in [-0.39, 0.29) is 17.2 Å². The molecule has 0 unspecified atom stereocenters. The van der Waals surface area contributed by atoms with Crippen LogP contribution in [-0.4, -0.2) is 17.9 Å². The molecule has 0 aliphatic carbocycles. The quantitative estimate of drug-likeness (QED) is 0.674. The minimum atomic E-state index is -0.896. The van der Waals surface area contributed by atoms with E-state index in [1.165, 1.54) is 36.4 Å². The van der Waals surface area contributed by atoms with Gasteiger partial charge in [0.15, 0.2) is 0 Å². The maximum Gasteiger partial charge on any atom is 0.334 e. The Kier molecular flexibility index (Phi) is 5.63. The van der Waals surface area contributed by atoms with Crippen molar-refractivity contribution >= 4 is 11.9 Å². The first-order chi connectivity index (χ1) is 11.4. The van der Waals surface area contributed by atoms with Gasteiger partial charge < -0.3 is 10.1 Å². The molecular weight excluding hydrogens is 316 g/mol. The van der Waals surface area contributed by atoms with E-state index in [2.05, 4.69) is 5.32 Å². The third kappa shape index (κ3) is 4.62. The number of carbonyl (C=O) groups excluding carboxylic acids is 2. The van der Waals surface area contributed by atoms with Crippen molar-refractivity contribution in [2.24, 2.45) is 5.92 Å². The lowest BCUT2D eigenvalue weighted by Gasteiger charge is -2.20. The van der Waals surface area contributed by atoms with Gasteiger partial charge in [-0.25, -0.2) is 13.6 Å². The number of amides is 1. The van der Waals surface area contributed by atoms with Gasteiger partial charge in [-0.1, -0.05) is 13.8 Å². The van der Waals surface area contributed by atoms with Crippen molar-refractivity contribution in [3.8, 4) is 5.75 Å². The van der Waals surface area contributed by atoms with Crippen molar-refractivity contribution in [1.82, 2.24) is 5.32 Å². The predicted molar refractivity (Wildman–Crippen MR) is 84.5 cm³/mol. The monoisotopic (exact) mass is 333 g/mol. The lowest BCUT2D eigenvalue weighted by molar-refractivity contribution is -0.137. The lowest BCUT2D eigenvalue weighted by Crippen LogP contribution is -2.46. The minimum Gasteiger partial charge on any atom is -0.425 e. The standard InChI is InChI=1S/C18H17F2NO3/c1-11(2)16(18(23)24-15-9-7-14(20)8-10-15)21-17(22)12-3-5-13(19)6-4-12/h3-11,16H,1-2H3,(H,21,22)/t16-/m0/s1. The highest BCUT2D eigenvalue weighted by molar-refractivity contribution is 5.97. The molecule has 126 valence electrons. The van der Waals surface area contributed by atoms with E-state index in [1.807, 2.05) is 0 Å². The van der Waals surface area contributed by atoms with Crippen molar-refractivity contribution in [2.75, 3.05) is 0 Å². The van der Waals surface area contributed by atoms with Gasteiger partial charge in [-0.15, -0.1) is 0 Å². The van der Waals surface area contributed by atoms with Crippen LogP contribution in [0.1, 0.15) is 24.2 Å². The molecule has 0 aliphatic rings. The van der Waals surface area contributed by atoms with E-state index in [0.29, 0.717) is 0 Å². The first-order valence-electron chi connectivity index (χ1n) is 7.40. The number of ether oxygens (including phenoxy) is 1. The van der Waals surface area contributed by atoms with Crippen LogP contribution in [-0.2, 0) is 4.79 Å². The van der Waals surface area contributed by atoms with Crippen molar-refractivity contribution < 1.29 is 23.1 Å². The topological polar surface area (TPSA) is 55.4 Å². The fourth-order valence-corrected chi connectivity index (χ4v) is 2.01. The largest absolute Gasteiger partial charge is 0.425 e. The molecule has 0 spiro atoms. The van der Waals surface area contributed by atoms with E-state index < -0.39 is 29.6 Å². The number of halogens is 2. The lowest BCUT2D eigenvalue weighted by atomic mass is 10.0. The molecule has 0 saturated carbocycles. The summed E-state index contributed by atoms with van der Waals surface area (Å²) in [6.07, 6.45) is 0. The molecule has 2 aromatic rings. The van der Waals surface area contributed by atoms with Crippen molar-refractivity contribution in [3.63, 3.8) is 0 Å². The smallest absolute Gasteiger partial charge is 0.334 e. The Hall–Kier alpha value is -2.76. The molecule has 0 radical (unpaired) electrons. The average Bonchev–Trinajstić information content (AvgIpc) is 2.54. The van der Waals surface area contributed by atoms with Crippen molar-refractivity contribution in [1.29, 1.82) is 0 Å². The van der Waals surface area contributed by atoms with E-state index in [4.69, 9.17) is 4.74 Å². The Morgan fingerprint density at radius 1 is 0.917 bits per heavy atom. The van der Waals surface area contributed by atoms with E-state index in [9.17, 15) is 18.4 Å². The van der Waals surface area contributed by atoms with Crippen LogP contribution in [0.3, 0.4) is 0 Å². The number of rotatable bonds is 5. The molecule has 1 N–H and O–H groups in total. The molecule has 24 heavy (non-hydrogen) atoms. The van der Waals surface area contributed by atoms with Gasteiger partial charge in [0.2, 0.25) is 0 Å². The maximum atomic E-state index is 12.9. The summed E-state index contributed by atoms with van der Waals surface area (Å²) in [6.45, 7) is 3.50. The summed E-state index contributed by atoms with van der Waals surface area (Å²) in [5.41, 5.74) is 0.233. The van der Waals surface area contributed by atoms with Gasteiger partial charge in [0.1, 0.15) is 23.4 Å². The summed E-state index contributed by atoms with van der Waals surface area (Å²) in [5, 5.41) is 2.57. The summed E-state index contributed by atoms with van der Waals surface area (Å²) in [6, 6.07) is 9.08.